The molecule has 6 N–H and O–H groups in total. The van der Waals surface area contributed by atoms with E-state index in [0.29, 0.717) is 26.1 Å². The zero-order valence-corrected chi connectivity index (χ0v) is 10.6. The van der Waals surface area contributed by atoms with Crippen molar-refractivity contribution in [3.05, 3.63) is 0 Å². The minimum absolute atomic E-state index is 0.0526. The molecular formula is C11H19N3O5. The van der Waals surface area contributed by atoms with Crippen molar-refractivity contribution in [2.24, 2.45) is 11.5 Å². The van der Waals surface area contributed by atoms with Gasteiger partial charge < -0.3 is 26.6 Å². The van der Waals surface area contributed by atoms with Gasteiger partial charge in [-0.15, -0.1) is 0 Å². The molecule has 19 heavy (non-hydrogen) atoms. The van der Waals surface area contributed by atoms with Crippen LogP contribution >= 0.6 is 0 Å². The van der Waals surface area contributed by atoms with Crippen molar-refractivity contribution < 1.29 is 24.2 Å². The molecular weight excluding hydrogens is 254 g/mol. The Labute approximate surface area is 110 Å². The fourth-order valence-electron chi connectivity index (χ4n) is 1.81. The predicted molar refractivity (Wildman–Crippen MR) is 65.0 cm³/mol. The summed E-state index contributed by atoms with van der Waals surface area (Å²) >= 11 is 0. The summed E-state index contributed by atoms with van der Waals surface area (Å²) in [6.07, 6.45) is 0.503. The highest BCUT2D eigenvalue weighted by atomic mass is 16.5. The first-order chi connectivity index (χ1) is 8.85. The van der Waals surface area contributed by atoms with Crippen LogP contribution in [0, 0.1) is 0 Å². The predicted octanol–water partition coefficient (Wildman–Crippen LogP) is -1.67. The summed E-state index contributed by atoms with van der Waals surface area (Å²) in [5.41, 5.74) is 9.77. The highest BCUT2D eigenvalue weighted by Crippen LogP contribution is 2.18. The standard InChI is InChI=1S/C11H19N3O5/c12-8(15)2-1-7(9(16)17)14-10(18)11(13)3-5-19-6-4-11/h7H,1-6,13H2,(H2,12,15)(H,14,18)(H,16,17). The lowest BCUT2D eigenvalue weighted by Crippen LogP contribution is -2.59. The van der Waals surface area contributed by atoms with E-state index in [4.69, 9.17) is 21.3 Å². The van der Waals surface area contributed by atoms with Gasteiger partial charge in [-0.05, 0) is 19.3 Å². The van der Waals surface area contributed by atoms with Crippen LogP contribution in [0.2, 0.25) is 0 Å². The summed E-state index contributed by atoms with van der Waals surface area (Å²) in [5.74, 6) is -2.37. The molecule has 0 spiro atoms. The molecule has 1 heterocycles. The van der Waals surface area contributed by atoms with E-state index in [0.717, 1.165) is 0 Å². The van der Waals surface area contributed by atoms with E-state index in [2.05, 4.69) is 5.32 Å². The van der Waals surface area contributed by atoms with Crippen LogP contribution in [0.15, 0.2) is 0 Å². The average Bonchev–Trinajstić information content (AvgIpc) is 2.34. The van der Waals surface area contributed by atoms with Gasteiger partial charge in [-0.2, -0.15) is 0 Å². The summed E-state index contributed by atoms with van der Waals surface area (Å²) in [6.45, 7) is 0.728. The lowest BCUT2D eigenvalue weighted by molar-refractivity contribution is -0.143. The van der Waals surface area contributed by atoms with Crippen LogP contribution in [0.3, 0.4) is 0 Å². The van der Waals surface area contributed by atoms with Crippen LogP contribution in [0.25, 0.3) is 0 Å². The van der Waals surface area contributed by atoms with E-state index in [-0.39, 0.29) is 12.8 Å². The van der Waals surface area contributed by atoms with Crippen molar-refractivity contribution in [3.8, 4) is 0 Å². The molecule has 8 heteroatoms. The van der Waals surface area contributed by atoms with Crippen LogP contribution in [0.5, 0.6) is 0 Å². The molecule has 0 aromatic heterocycles. The highest BCUT2D eigenvalue weighted by Gasteiger charge is 2.37. The Hall–Kier alpha value is -1.67. The Kier molecular flexibility index (Phi) is 5.25. The van der Waals surface area contributed by atoms with Crippen molar-refractivity contribution in [2.75, 3.05) is 13.2 Å². The minimum atomic E-state index is -1.22. The smallest absolute Gasteiger partial charge is 0.326 e. The molecule has 0 saturated carbocycles. The number of carbonyl (C=O) groups excluding carboxylic acids is 2. The largest absolute Gasteiger partial charge is 0.480 e. The maximum absolute atomic E-state index is 12.0. The zero-order valence-electron chi connectivity index (χ0n) is 10.6. The van der Waals surface area contributed by atoms with Gasteiger partial charge in [-0.3, -0.25) is 9.59 Å². The first-order valence-electron chi connectivity index (χ1n) is 6.04. The molecule has 1 atom stereocenters. The fourth-order valence-corrected chi connectivity index (χ4v) is 1.81. The number of hydrogen-bond donors (Lipinski definition) is 4. The van der Waals surface area contributed by atoms with Gasteiger partial charge in [0, 0.05) is 19.6 Å². The second-order valence-corrected chi connectivity index (χ2v) is 4.64. The normalized spacial score (nSPS) is 19.4. The number of carboxylic acids is 1. The van der Waals surface area contributed by atoms with E-state index in [9.17, 15) is 14.4 Å². The number of amides is 2. The molecule has 2 amide bonds. The van der Waals surface area contributed by atoms with Gasteiger partial charge in [-0.1, -0.05) is 0 Å². The van der Waals surface area contributed by atoms with Crippen molar-refractivity contribution in [1.29, 1.82) is 0 Å². The number of primary amides is 1. The molecule has 1 fully saturated rings. The van der Waals surface area contributed by atoms with Gasteiger partial charge in [0.25, 0.3) is 0 Å². The number of hydrogen-bond acceptors (Lipinski definition) is 5. The van der Waals surface area contributed by atoms with E-state index in [1.165, 1.54) is 0 Å². The zero-order chi connectivity index (χ0) is 14.5. The minimum Gasteiger partial charge on any atom is -0.480 e. The molecule has 0 aromatic carbocycles. The third-order valence-electron chi connectivity index (χ3n) is 3.12. The molecule has 108 valence electrons. The summed E-state index contributed by atoms with van der Waals surface area (Å²) in [6, 6.07) is -1.16. The number of carbonyl (C=O) groups is 3. The van der Waals surface area contributed by atoms with Crippen LogP contribution in [-0.4, -0.2) is 47.7 Å². The van der Waals surface area contributed by atoms with E-state index in [1.807, 2.05) is 0 Å². The van der Waals surface area contributed by atoms with Gasteiger partial charge in [0.05, 0.1) is 5.54 Å². The highest BCUT2D eigenvalue weighted by molar-refractivity contribution is 5.90. The number of ether oxygens (including phenoxy) is 1. The number of carboxylic acid groups (broad SMARTS) is 1. The van der Waals surface area contributed by atoms with Crippen LogP contribution < -0.4 is 16.8 Å². The second kappa shape index (κ2) is 6.48. The Morgan fingerprint density at radius 3 is 2.37 bits per heavy atom. The quantitative estimate of drug-likeness (QED) is 0.455. The molecule has 1 saturated heterocycles. The van der Waals surface area contributed by atoms with E-state index < -0.39 is 29.4 Å². The SMILES string of the molecule is NC(=O)CCC(NC(=O)C1(N)CCOCC1)C(=O)O. The number of aliphatic carboxylic acids is 1. The molecule has 1 aliphatic heterocycles. The van der Waals surface area contributed by atoms with Gasteiger partial charge in [0.1, 0.15) is 6.04 Å². The Morgan fingerprint density at radius 1 is 1.32 bits per heavy atom. The molecule has 8 nitrogen and oxygen atoms in total. The number of nitrogens with two attached hydrogens (primary N) is 2. The third kappa shape index (κ3) is 4.49. The Balaban J connectivity index is 2.59. The van der Waals surface area contributed by atoms with E-state index in [1.54, 1.807) is 0 Å². The average molecular weight is 273 g/mol. The lowest BCUT2D eigenvalue weighted by Gasteiger charge is -2.32. The van der Waals surface area contributed by atoms with Gasteiger partial charge in [-0.25, -0.2) is 4.79 Å². The van der Waals surface area contributed by atoms with Crippen LogP contribution in [0.4, 0.5) is 0 Å². The molecule has 0 aliphatic carbocycles. The maximum atomic E-state index is 12.0. The summed E-state index contributed by atoms with van der Waals surface area (Å²) in [4.78, 5) is 33.7. The molecule has 0 radical (unpaired) electrons. The molecule has 1 aliphatic rings. The van der Waals surface area contributed by atoms with Crippen molar-refractivity contribution in [2.45, 2.75) is 37.3 Å². The van der Waals surface area contributed by atoms with Gasteiger partial charge in [0.15, 0.2) is 0 Å². The van der Waals surface area contributed by atoms with Gasteiger partial charge in [0.2, 0.25) is 11.8 Å². The van der Waals surface area contributed by atoms with Crippen molar-refractivity contribution >= 4 is 17.8 Å². The third-order valence-corrected chi connectivity index (χ3v) is 3.12. The topological polar surface area (TPSA) is 145 Å². The van der Waals surface area contributed by atoms with E-state index >= 15 is 0 Å². The molecule has 0 aromatic rings. The monoisotopic (exact) mass is 273 g/mol. The lowest BCUT2D eigenvalue weighted by atomic mass is 9.90. The summed E-state index contributed by atoms with van der Waals surface area (Å²) < 4.78 is 5.11. The maximum Gasteiger partial charge on any atom is 0.326 e. The molecule has 0 bridgehead atoms. The molecule has 1 unspecified atom stereocenters. The fraction of sp³-hybridized carbons (Fsp3) is 0.727. The van der Waals surface area contributed by atoms with Crippen LogP contribution in [-0.2, 0) is 19.1 Å². The first kappa shape index (κ1) is 15.4. The van der Waals surface area contributed by atoms with Crippen molar-refractivity contribution in [3.63, 3.8) is 0 Å². The number of rotatable bonds is 6. The van der Waals surface area contributed by atoms with Crippen molar-refractivity contribution in [1.82, 2.24) is 5.32 Å². The van der Waals surface area contributed by atoms with Gasteiger partial charge >= 0.3 is 5.97 Å². The second-order valence-electron chi connectivity index (χ2n) is 4.64. The molecule has 1 rings (SSSR count). The summed E-state index contributed by atoms with van der Waals surface area (Å²) in [7, 11) is 0. The number of nitrogens with one attached hydrogen (secondary N) is 1. The van der Waals surface area contributed by atoms with Crippen LogP contribution in [0.1, 0.15) is 25.7 Å². The first-order valence-corrected chi connectivity index (χ1v) is 6.04. The summed E-state index contributed by atoms with van der Waals surface area (Å²) in [5, 5.41) is 11.3. The Bertz CT molecular complexity index is 365. The Morgan fingerprint density at radius 2 is 1.89 bits per heavy atom.